The van der Waals surface area contributed by atoms with Gasteiger partial charge in [0.2, 0.25) is 12.7 Å². The average molecular weight is 356 g/mol. The molecule has 6 rings (SSSR count). The highest BCUT2D eigenvalue weighted by atomic mass is 16.7. The van der Waals surface area contributed by atoms with E-state index < -0.39 is 0 Å². The third-order valence-corrected chi connectivity index (χ3v) is 6.88. The van der Waals surface area contributed by atoms with Gasteiger partial charge in [-0.15, -0.1) is 0 Å². The van der Waals surface area contributed by atoms with Crippen molar-refractivity contribution in [3.05, 3.63) is 23.8 Å². The molecule has 1 aromatic carbocycles. The maximum Gasteiger partial charge on any atom is 0.231 e. The second-order valence-electron chi connectivity index (χ2n) is 8.22. The normalized spacial score (nSPS) is 34.2. The van der Waals surface area contributed by atoms with Crippen molar-refractivity contribution in [2.24, 2.45) is 5.92 Å². The van der Waals surface area contributed by atoms with Crippen molar-refractivity contribution >= 4 is 5.91 Å². The van der Waals surface area contributed by atoms with Crippen LogP contribution in [0.4, 0.5) is 0 Å². The first kappa shape index (κ1) is 16.4. The van der Waals surface area contributed by atoms with Crippen molar-refractivity contribution in [3.63, 3.8) is 0 Å². The highest BCUT2D eigenvalue weighted by Crippen LogP contribution is 2.48. The van der Waals surface area contributed by atoms with E-state index in [0.29, 0.717) is 43.0 Å². The van der Waals surface area contributed by atoms with Crippen LogP contribution in [-0.2, 0) is 4.79 Å². The molecule has 0 unspecified atom stereocenters. The highest BCUT2D eigenvalue weighted by Gasteiger charge is 2.54. The van der Waals surface area contributed by atoms with Crippen LogP contribution in [0.2, 0.25) is 0 Å². The van der Waals surface area contributed by atoms with Gasteiger partial charge in [-0.05, 0) is 56.0 Å². The SMILES string of the molecule is CCCCC(=O)N1C[C@@H](c2ccc3c(c2)OCO3)[C@@H]2[C@H]1C1CCN2CC1. The molecule has 0 N–H and O–H groups in total. The lowest BCUT2D eigenvalue weighted by Crippen LogP contribution is -2.60. The van der Waals surface area contributed by atoms with Gasteiger partial charge in [0.05, 0.1) is 6.04 Å². The minimum atomic E-state index is 0.311. The van der Waals surface area contributed by atoms with E-state index in [0.717, 1.165) is 30.9 Å². The summed E-state index contributed by atoms with van der Waals surface area (Å²) in [6, 6.07) is 7.22. The molecule has 5 nitrogen and oxygen atoms in total. The van der Waals surface area contributed by atoms with Gasteiger partial charge in [0.25, 0.3) is 0 Å². The number of likely N-dealkylation sites (tertiary alicyclic amines) is 1. The zero-order chi connectivity index (χ0) is 17.7. The van der Waals surface area contributed by atoms with E-state index in [-0.39, 0.29) is 0 Å². The minimum Gasteiger partial charge on any atom is -0.454 e. The number of unbranched alkanes of at least 4 members (excludes halogenated alkanes) is 1. The van der Waals surface area contributed by atoms with Gasteiger partial charge in [0, 0.05) is 24.9 Å². The molecule has 1 amide bonds. The van der Waals surface area contributed by atoms with E-state index in [1.165, 1.54) is 31.5 Å². The summed E-state index contributed by atoms with van der Waals surface area (Å²) in [4.78, 5) is 17.8. The Morgan fingerprint density at radius 3 is 2.77 bits per heavy atom. The van der Waals surface area contributed by atoms with Crippen LogP contribution in [0.3, 0.4) is 0 Å². The summed E-state index contributed by atoms with van der Waals surface area (Å²) < 4.78 is 11.1. The number of rotatable bonds is 4. The van der Waals surface area contributed by atoms with Gasteiger partial charge in [-0.3, -0.25) is 9.69 Å². The van der Waals surface area contributed by atoms with Gasteiger partial charge in [-0.1, -0.05) is 19.4 Å². The second kappa shape index (κ2) is 6.45. The first-order valence-corrected chi connectivity index (χ1v) is 10.2. The summed E-state index contributed by atoms with van der Waals surface area (Å²) in [5.74, 6) is 3.10. The molecule has 4 saturated heterocycles. The molecule has 3 atom stereocenters. The first-order valence-electron chi connectivity index (χ1n) is 10.2. The lowest BCUT2D eigenvalue weighted by atomic mass is 9.75. The Labute approximate surface area is 155 Å². The number of piperidine rings is 3. The third-order valence-electron chi connectivity index (χ3n) is 6.88. The fourth-order valence-electron chi connectivity index (χ4n) is 5.61. The molecule has 0 spiro atoms. The Kier molecular flexibility index (Phi) is 4.07. The molecular weight excluding hydrogens is 328 g/mol. The molecule has 5 heteroatoms. The smallest absolute Gasteiger partial charge is 0.231 e. The topological polar surface area (TPSA) is 42.0 Å². The Bertz CT molecular complexity index is 698. The number of benzene rings is 1. The summed E-state index contributed by atoms with van der Waals surface area (Å²) in [5, 5.41) is 0. The predicted octanol–water partition coefficient (Wildman–Crippen LogP) is 2.99. The number of fused-ring (bicyclic) bond motifs is 3. The molecule has 4 fully saturated rings. The van der Waals surface area contributed by atoms with Crippen molar-refractivity contribution in [1.29, 1.82) is 0 Å². The zero-order valence-corrected chi connectivity index (χ0v) is 15.5. The fourth-order valence-corrected chi connectivity index (χ4v) is 5.61. The number of carbonyl (C=O) groups is 1. The molecule has 2 bridgehead atoms. The molecule has 5 aliphatic heterocycles. The van der Waals surface area contributed by atoms with Crippen LogP contribution in [0.1, 0.15) is 50.5 Å². The van der Waals surface area contributed by atoms with Crippen LogP contribution in [0.15, 0.2) is 18.2 Å². The Hall–Kier alpha value is -1.75. The van der Waals surface area contributed by atoms with Gasteiger partial charge < -0.3 is 14.4 Å². The summed E-state index contributed by atoms with van der Waals surface area (Å²) in [7, 11) is 0. The van der Waals surface area contributed by atoms with Crippen molar-refractivity contribution in [3.8, 4) is 11.5 Å². The third kappa shape index (κ3) is 2.51. The van der Waals surface area contributed by atoms with Crippen molar-refractivity contribution in [1.82, 2.24) is 9.80 Å². The van der Waals surface area contributed by atoms with Gasteiger partial charge in [-0.2, -0.15) is 0 Å². The average Bonchev–Trinajstić information content (AvgIpc) is 3.32. The number of carbonyl (C=O) groups excluding carboxylic acids is 1. The van der Waals surface area contributed by atoms with E-state index in [9.17, 15) is 4.79 Å². The number of hydrogen-bond donors (Lipinski definition) is 0. The predicted molar refractivity (Wildman–Crippen MR) is 98.4 cm³/mol. The van der Waals surface area contributed by atoms with Crippen LogP contribution in [0.25, 0.3) is 0 Å². The maximum absolute atomic E-state index is 13.0. The van der Waals surface area contributed by atoms with Gasteiger partial charge in [-0.25, -0.2) is 0 Å². The molecular formula is C21H28N2O3. The molecule has 0 aromatic heterocycles. The van der Waals surface area contributed by atoms with Crippen LogP contribution in [0.5, 0.6) is 11.5 Å². The van der Waals surface area contributed by atoms with E-state index in [1.807, 2.05) is 6.07 Å². The quantitative estimate of drug-likeness (QED) is 0.832. The monoisotopic (exact) mass is 356 g/mol. The molecule has 5 heterocycles. The van der Waals surface area contributed by atoms with E-state index in [2.05, 4.69) is 28.9 Å². The van der Waals surface area contributed by atoms with Crippen LogP contribution >= 0.6 is 0 Å². The second-order valence-corrected chi connectivity index (χ2v) is 8.22. The molecule has 0 radical (unpaired) electrons. The number of ether oxygens (including phenoxy) is 2. The van der Waals surface area contributed by atoms with Crippen LogP contribution in [0, 0.1) is 5.92 Å². The molecule has 1 aromatic rings. The van der Waals surface area contributed by atoms with Gasteiger partial charge >= 0.3 is 0 Å². The number of amides is 1. The Morgan fingerprint density at radius 1 is 1.15 bits per heavy atom. The van der Waals surface area contributed by atoms with Crippen molar-refractivity contribution in [2.75, 3.05) is 26.4 Å². The van der Waals surface area contributed by atoms with Crippen LogP contribution < -0.4 is 9.47 Å². The largest absolute Gasteiger partial charge is 0.454 e. The lowest BCUT2D eigenvalue weighted by molar-refractivity contribution is -0.136. The van der Waals surface area contributed by atoms with E-state index in [1.54, 1.807) is 0 Å². The number of hydrogen-bond acceptors (Lipinski definition) is 4. The van der Waals surface area contributed by atoms with Crippen molar-refractivity contribution < 1.29 is 14.3 Å². The van der Waals surface area contributed by atoms with Crippen molar-refractivity contribution in [2.45, 2.75) is 57.0 Å². The zero-order valence-electron chi connectivity index (χ0n) is 15.5. The summed E-state index contributed by atoms with van der Waals surface area (Å²) >= 11 is 0. The van der Waals surface area contributed by atoms with E-state index >= 15 is 0 Å². The summed E-state index contributed by atoms with van der Waals surface area (Å²) in [6.07, 6.45) is 5.25. The Balaban J connectivity index is 1.47. The molecule has 26 heavy (non-hydrogen) atoms. The highest BCUT2D eigenvalue weighted by molar-refractivity contribution is 5.77. The van der Waals surface area contributed by atoms with Crippen LogP contribution in [-0.4, -0.2) is 54.2 Å². The van der Waals surface area contributed by atoms with Gasteiger partial charge in [0.15, 0.2) is 11.5 Å². The Morgan fingerprint density at radius 2 is 1.96 bits per heavy atom. The summed E-state index contributed by atoms with van der Waals surface area (Å²) in [5.41, 5.74) is 1.29. The van der Waals surface area contributed by atoms with Gasteiger partial charge in [0.1, 0.15) is 0 Å². The van der Waals surface area contributed by atoms with E-state index in [4.69, 9.17) is 9.47 Å². The lowest BCUT2D eigenvalue weighted by Gasteiger charge is -2.51. The molecule has 140 valence electrons. The summed E-state index contributed by atoms with van der Waals surface area (Å²) in [6.45, 7) is 5.69. The standard InChI is InChI=1S/C21H28N2O3/c1-2-3-4-19(24)23-12-16(15-5-6-17-18(11-15)26-13-25-17)21-20(23)14-7-9-22(21)10-8-14/h5-6,11,14,16,20-21H,2-4,7-10,12-13H2,1H3/t16-,20+,21+/m0/s1. The minimum absolute atomic E-state index is 0.311. The maximum atomic E-state index is 13.0. The molecule has 0 saturated carbocycles. The fraction of sp³-hybridized carbons (Fsp3) is 0.667. The number of nitrogens with zero attached hydrogens (tertiary/aromatic N) is 2. The first-order chi connectivity index (χ1) is 12.8. The molecule has 5 aliphatic rings. The molecule has 0 aliphatic carbocycles.